The fourth-order valence-electron chi connectivity index (χ4n) is 0. The van der Waals surface area contributed by atoms with Crippen LogP contribution in [0.1, 0.15) is 0 Å². The molecule has 0 saturated carbocycles. The predicted molar refractivity (Wildman–Crippen MR) is 3.43 cm³/mol. The van der Waals surface area contributed by atoms with Gasteiger partial charge in [0.1, 0.15) is 0 Å². The molecule has 0 aliphatic carbocycles. The van der Waals surface area contributed by atoms with E-state index < -0.39 is 0 Å². The van der Waals surface area contributed by atoms with Crippen molar-refractivity contribution in [2.24, 2.45) is 0 Å². The van der Waals surface area contributed by atoms with Crippen LogP contribution in [-0.2, 0) is 140 Å². The van der Waals surface area contributed by atoms with Crippen molar-refractivity contribution in [2.75, 3.05) is 0 Å². The first kappa shape index (κ1) is 229. The summed E-state index contributed by atoms with van der Waals surface area (Å²) in [5.74, 6) is 0. The van der Waals surface area contributed by atoms with Crippen molar-refractivity contribution in [3.05, 3.63) is 0 Å². The monoisotopic (exact) mass is 672 g/mol. The molecule has 0 aliphatic heterocycles. The van der Waals surface area contributed by atoms with E-state index >= 15 is 0 Å². The Bertz CT molecular complexity index is 20.4. The van der Waals surface area contributed by atoms with Crippen LogP contribution < -0.4 is 0 Å². The van der Waals surface area contributed by atoms with Crippen molar-refractivity contribution in [3.8, 4) is 0 Å². The van der Waals surface area contributed by atoms with Gasteiger partial charge in [-0.15, -0.1) is 0 Å². The summed E-state index contributed by atoms with van der Waals surface area (Å²) in [4.78, 5) is 0. The molecule has 11 heteroatoms. The molecule has 5 nitrogen and oxygen atoms in total. The fourth-order valence-corrected chi connectivity index (χ4v) is 0. The van der Waals surface area contributed by atoms with E-state index in [0.29, 0.717) is 0 Å². The Morgan fingerprint density at radius 1 is 0.364 bits per heavy atom. The van der Waals surface area contributed by atoms with Crippen LogP contribution in [0.2, 0.25) is 0 Å². The van der Waals surface area contributed by atoms with Crippen LogP contribution in [0.4, 0.5) is 0 Å². The van der Waals surface area contributed by atoms with Crippen molar-refractivity contribution in [2.45, 2.75) is 0 Å². The van der Waals surface area contributed by atoms with Crippen LogP contribution in [0.25, 0.3) is 0 Å². The number of hydrogen-bond acceptors (Lipinski definition) is 0. The summed E-state index contributed by atoms with van der Waals surface area (Å²) in [6.45, 7) is 0. The van der Waals surface area contributed by atoms with Gasteiger partial charge in [0.25, 0.3) is 0 Å². The molecule has 0 N–H and O–H groups in total. The van der Waals surface area contributed by atoms with E-state index in [2.05, 4.69) is 0 Å². The Labute approximate surface area is 138 Å². The summed E-state index contributed by atoms with van der Waals surface area (Å²) >= 11 is 0. The molecular weight excluding hydrogens is 671 g/mol. The molecule has 74 valence electrons. The molecule has 0 aromatic heterocycles. The minimum atomic E-state index is 0. The third kappa shape index (κ3) is 154. The number of hydrogen-bond donors (Lipinski definition) is 0. The summed E-state index contributed by atoms with van der Waals surface area (Å²) in [6, 6.07) is 0. The second kappa shape index (κ2) is 183. The summed E-state index contributed by atoms with van der Waals surface area (Å²) in [7, 11) is 0. The van der Waals surface area contributed by atoms with Gasteiger partial charge in [0.15, 0.2) is 0 Å². The molecule has 0 fully saturated rings. The zero-order valence-corrected chi connectivity index (χ0v) is 15.0. The van der Waals surface area contributed by atoms with Crippen molar-refractivity contribution in [3.63, 3.8) is 0 Å². The Morgan fingerprint density at radius 3 is 0.364 bits per heavy atom. The van der Waals surface area contributed by atoms with E-state index in [0.717, 1.165) is 0 Å². The van der Waals surface area contributed by atoms with Crippen LogP contribution in [0, 0.1) is 0 Å². The van der Waals surface area contributed by atoms with Gasteiger partial charge >= 0.3 is 44.8 Å². The van der Waals surface area contributed by atoms with Crippen LogP contribution in [-0.4, -0.2) is 0 Å². The summed E-state index contributed by atoms with van der Waals surface area (Å²) in [5.41, 5.74) is 0. The van der Waals surface area contributed by atoms with Crippen molar-refractivity contribution in [1.29, 1.82) is 0 Å². The van der Waals surface area contributed by atoms with E-state index in [-0.39, 0.29) is 140 Å². The van der Waals surface area contributed by atoms with Gasteiger partial charge in [-0.3, -0.25) is 0 Å². The van der Waals surface area contributed by atoms with Crippen LogP contribution in [0.3, 0.4) is 0 Å². The van der Waals surface area contributed by atoms with E-state index in [1.165, 1.54) is 0 Å². The van der Waals surface area contributed by atoms with Crippen LogP contribution in [0.5, 0.6) is 0 Å². The molecule has 0 heterocycles. The van der Waals surface area contributed by atoms with E-state index in [1.54, 1.807) is 0 Å². The first-order valence-electron chi connectivity index (χ1n) is 0. The minimum Gasteiger partial charge on any atom is -2.00 e. The number of rotatable bonds is 0. The average molecular weight is 671 g/mol. The van der Waals surface area contributed by atoms with E-state index in [1.807, 2.05) is 0 Å². The predicted octanol–water partition coefficient (Wildman–Crippen LogP) is -0.609. The largest absolute Gasteiger partial charge is 5.00 e. The molecule has 0 unspecified atom stereocenters. The smallest absolute Gasteiger partial charge is 2.00 e. The summed E-state index contributed by atoms with van der Waals surface area (Å²) < 4.78 is 0. The Kier molecular flexibility index (Phi) is 3810. The van der Waals surface area contributed by atoms with Gasteiger partial charge in [-0.25, -0.2) is 0 Å². The molecule has 0 rings (SSSR count). The van der Waals surface area contributed by atoms with Crippen molar-refractivity contribution >= 4 is 0 Å². The molecule has 0 aromatic rings. The molecule has 0 aromatic carbocycles. The Balaban J connectivity index is 0. The van der Waals surface area contributed by atoms with Gasteiger partial charge < -0.3 is 27.4 Å². The minimum absolute atomic E-state index is 0. The second-order valence-corrected chi connectivity index (χ2v) is 0. The molecule has 0 saturated heterocycles. The maximum atomic E-state index is 0. The maximum Gasteiger partial charge on any atom is 5.00 e. The van der Waals surface area contributed by atoms with Crippen LogP contribution in [0.15, 0.2) is 0 Å². The molecule has 0 aliphatic rings. The Morgan fingerprint density at radius 2 is 0.364 bits per heavy atom. The standard InChI is InChI=1S/2Co.2Fe.5O.2Ta/q;;;;5*-2;2*+5. The van der Waals surface area contributed by atoms with E-state index in [9.17, 15) is 0 Å². The summed E-state index contributed by atoms with van der Waals surface area (Å²) in [6.07, 6.45) is 0. The average Bonchev–Trinajstić information content (AvgIpc) is 0. The fraction of sp³-hybridized carbons (Fsp3) is 0. The molecule has 11 heavy (non-hydrogen) atoms. The molecule has 2 radical (unpaired) electrons. The van der Waals surface area contributed by atoms with Gasteiger partial charge in [0, 0.05) is 67.7 Å². The van der Waals surface area contributed by atoms with Gasteiger partial charge in [0.05, 0.1) is 0 Å². The maximum absolute atomic E-state index is 0. The third-order valence-electron chi connectivity index (χ3n) is 0. The van der Waals surface area contributed by atoms with Gasteiger partial charge in [-0.05, 0) is 0 Å². The topological polar surface area (TPSA) is 142 Å². The normalized spacial score (nSPS) is 0. The van der Waals surface area contributed by atoms with E-state index in [4.69, 9.17) is 0 Å². The van der Waals surface area contributed by atoms with Crippen molar-refractivity contribution in [1.82, 2.24) is 0 Å². The van der Waals surface area contributed by atoms with Gasteiger partial charge in [0.2, 0.25) is 0 Å². The Hall–Kier alpha value is 3.33. The zero-order chi connectivity index (χ0) is 0. The molecule has 0 bridgehead atoms. The molecule has 0 spiro atoms. The van der Waals surface area contributed by atoms with Gasteiger partial charge in [-0.2, -0.15) is 0 Å². The van der Waals surface area contributed by atoms with Gasteiger partial charge in [-0.1, -0.05) is 0 Å². The first-order valence-corrected chi connectivity index (χ1v) is 0. The second-order valence-electron chi connectivity index (χ2n) is 0. The third-order valence-corrected chi connectivity index (χ3v) is 0. The zero-order valence-electron chi connectivity index (χ0n) is 4.31. The van der Waals surface area contributed by atoms with Crippen LogP contribution >= 0.6 is 0 Å². The molecule has 0 amide bonds. The van der Waals surface area contributed by atoms with Crippen molar-refractivity contribution < 1.29 is 140 Å². The first-order chi connectivity index (χ1) is 0. The molecular formula is Co2Fe2O5Ta2. The molecule has 0 atom stereocenters. The quantitative estimate of drug-likeness (QED) is 0.303. The summed E-state index contributed by atoms with van der Waals surface area (Å²) in [5, 5.41) is 0. The SMILES string of the molecule is [Co].[Co].[Fe].[Fe].[O-2].[O-2].[O-2].[O-2].[O-2].[Ta+5].[Ta+5].